The average molecular weight is 324 g/mol. The Bertz CT molecular complexity index is 909. The van der Waals surface area contributed by atoms with Crippen LogP contribution in [0.25, 0.3) is 11.0 Å². The molecule has 0 saturated carbocycles. The largest absolute Gasteiger partial charge is 0.352 e. The summed E-state index contributed by atoms with van der Waals surface area (Å²) in [6.45, 7) is 3.05. The Morgan fingerprint density at radius 1 is 1.25 bits per heavy atom. The van der Waals surface area contributed by atoms with E-state index < -0.39 is 0 Å². The molecule has 0 atom stereocenters. The summed E-state index contributed by atoms with van der Waals surface area (Å²) in [6, 6.07) is 2.23. The number of rotatable bonds is 3. The first-order chi connectivity index (χ1) is 11.8. The van der Waals surface area contributed by atoms with Gasteiger partial charge in [0.2, 0.25) is 0 Å². The Morgan fingerprint density at radius 3 is 3.00 bits per heavy atom. The van der Waals surface area contributed by atoms with Gasteiger partial charge >= 0.3 is 6.03 Å². The maximum Gasteiger partial charge on any atom is 0.322 e. The van der Waals surface area contributed by atoms with Crippen LogP contribution in [0.15, 0.2) is 31.0 Å². The monoisotopic (exact) mass is 324 g/mol. The molecule has 0 radical (unpaired) electrons. The van der Waals surface area contributed by atoms with Gasteiger partial charge in [0.15, 0.2) is 0 Å². The highest BCUT2D eigenvalue weighted by molar-refractivity contribution is 5.93. The van der Waals surface area contributed by atoms with Crippen LogP contribution in [-0.4, -0.2) is 56.9 Å². The first kappa shape index (κ1) is 13.3. The van der Waals surface area contributed by atoms with E-state index >= 15 is 0 Å². The molecule has 2 fully saturated rings. The first-order valence-corrected chi connectivity index (χ1v) is 7.92. The van der Waals surface area contributed by atoms with Crippen molar-refractivity contribution in [2.75, 3.05) is 36.0 Å². The molecular weight excluding hydrogens is 308 g/mol. The number of amides is 2. The molecule has 0 unspecified atom stereocenters. The third kappa shape index (κ3) is 1.94. The van der Waals surface area contributed by atoms with Gasteiger partial charge in [-0.2, -0.15) is 5.10 Å². The van der Waals surface area contributed by atoms with E-state index in [1.54, 1.807) is 17.4 Å². The molecule has 122 valence electrons. The van der Waals surface area contributed by atoms with E-state index in [2.05, 4.69) is 30.3 Å². The van der Waals surface area contributed by atoms with E-state index in [4.69, 9.17) is 0 Å². The molecule has 0 bridgehead atoms. The summed E-state index contributed by atoms with van der Waals surface area (Å²) >= 11 is 0. The summed E-state index contributed by atoms with van der Waals surface area (Å²) in [5.74, 6) is 0.948. The molecule has 3 aromatic rings. The molecule has 2 aliphatic rings. The Hall–Kier alpha value is -3.10. The number of urea groups is 1. The zero-order valence-electron chi connectivity index (χ0n) is 12.9. The van der Waals surface area contributed by atoms with Gasteiger partial charge in [0.25, 0.3) is 0 Å². The summed E-state index contributed by atoms with van der Waals surface area (Å²) in [4.78, 5) is 27.4. The fourth-order valence-electron chi connectivity index (χ4n) is 3.29. The van der Waals surface area contributed by atoms with E-state index in [1.165, 1.54) is 0 Å². The highest BCUT2D eigenvalue weighted by Gasteiger charge is 2.32. The van der Waals surface area contributed by atoms with Gasteiger partial charge in [-0.15, -0.1) is 0 Å². The van der Waals surface area contributed by atoms with Gasteiger partial charge in [0.1, 0.15) is 17.8 Å². The molecule has 9 heteroatoms. The third-order valence-corrected chi connectivity index (χ3v) is 4.63. The quantitative estimate of drug-likeness (QED) is 0.741. The number of carbonyl (C=O) groups excluding carboxylic acids is 1. The Labute approximate surface area is 137 Å². The zero-order chi connectivity index (χ0) is 16.1. The number of anilines is 2. The van der Waals surface area contributed by atoms with Crippen LogP contribution in [0.5, 0.6) is 0 Å². The van der Waals surface area contributed by atoms with Crippen molar-refractivity contribution in [2.45, 2.75) is 6.04 Å². The van der Waals surface area contributed by atoms with Crippen molar-refractivity contribution < 1.29 is 4.79 Å². The second kappa shape index (κ2) is 4.95. The molecule has 0 spiro atoms. The molecule has 5 heterocycles. The normalized spacial score (nSPS) is 18.2. The van der Waals surface area contributed by atoms with Crippen molar-refractivity contribution in [3.05, 3.63) is 31.0 Å². The predicted octanol–water partition coefficient (Wildman–Crippen LogP) is 0.745. The number of hydrogen-bond acceptors (Lipinski definition) is 5. The SMILES string of the molecule is O=C1NCCN1c1cnn(C2CN(c3ncnc4[nH]ccc34)C2)c1. The number of fused-ring (bicyclic) bond motifs is 1. The number of carbonyl (C=O) groups is 1. The van der Waals surface area contributed by atoms with Crippen LogP contribution in [0, 0.1) is 0 Å². The zero-order valence-corrected chi connectivity index (χ0v) is 12.9. The topological polar surface area (TPSA) is 95.0 Å². The van der Waals surface area contributed by atoms with Gasteiger partial charge in [-0.1, -0.05) is 0 Å². The maximum atomic E-state index is 11.7. The number of hydrogen-bond donors (Lipinski definition) is 2. The molecule has 3 aromatic heterocycles. The van der Waals surface area contributed by atoms with Crippen LogP contribution in [0.3, 0.4) is 0 Å². The standard InChI is InChI=1S/C15H16N8O/c24-15-17-3-4-22(15)10-5-20-23(8-10)11-6-21(7-11)14-12-1-2-16-13(12)18-9-19-14/h1-2,5,8-9,11H,3-4,6-7H2,(H,17,24)(H,16,18,19). The van der Waals surface area contributed by atoms with Crippen LogP contribution in [0.2, 0.25) is 0 Å². The third-order valence-electron chi connectivity index (χ3n) is 4.63. The van der Waals surface area contributed by atoms with Crippen LogP contribution in [0.1, 0.15) is 6.04 Å². The second-order valence-corrected chi connectivity index (χ2v) is 6.06. The molecule has 2 aliphatic heterocycles. The van der Waals surface area contributed by atoms with E-state index in [1.807, 2.05) is 23.1 Å². The molecule has 5 rings (SSSR count). The highest BCUT2D eigenvalue weighted by atomic mass is 16.2. The van der Waals surface area contributed by atoms with Gasteiger partial charge in [-0.05, 0) is 6.07 Å². The lowest BCUT2D eigenvalue weighted by molar-refractivity contribution is 0.252. The number of aromatic amines is 1. The van der Waals surface area contributed by atoms with Crippen molar-refractivity contribution in [3.8, 4) is 0 Å². The lowest BCUT2D eigenvalue weighted by Crippen LogP contribution is -2.48. The van der Waals surface area contributed by atoms with Crippen molar-refractivity contribution in [2.24, 2.45) is 0 Å². The van der Waals surface area contributed by atoms with E-state index in [0.29, 0.717) is 13.1 Å². The number of aromatic nitrogens is 5. The number of nitrogens with one attached hydrogen (secondary N) is 2. The smallest absolute Gasteiger partial charge is 0.322 e. The molecule has 9 nitrogen and oxygen atoms in total. The molecule has 24 heavy (non-hydrogen) atoms. The molecule has 0 aromatic carbocycles. The van der Waals surface area contributed by atoms with Crippen molar-refractivity contribution in [1.29, 1.82) is 0 Å². The molecule has 0 aliphatic carbocycles. The predicted molar refractivity (Wildman–Crippen MR) is 88.1 cm³/mol. The van der Waals surface area contributed by atoms with E-state index in [0.717, 1.165) is 35.6 Å². The number of nitrogens with zero attached hydrogens (tertiary/aromatic N) is 6. The van der Waals surface area contributed by atoms with Gasteiger partial charge in [-0.3, -0.25) is 9.58 Å². The molecule has 2 amide bonds. The minimum Gasteiger partial charge on any atom is -0.352 e. The average Bonchev–Trinajstić information content (AvgIpc) is 3.25. The lowest BCUT2D eigenvalue weighted by atomic mass is 10.1. The van der Waals surface area contributed by atoms with E-state index in [-0.39, 0.29) is 12.1 Å². The van der Waals surface area contributed by atoms with Crippen molar-refractivity contribution >= 4 is 28.6 Å². The molecular formula is C15H16N8O. The summed E-state index contributed by atoms with van der Waals surface area (Å²) in [7, 11) is 0. The number of H-pyrrole nitrogens is 1. The van der Waals surface area contributed by atoms with Gasteiger partial charge in [-0.25, -0.2) is 14.8 Å². The highest BCUT2D eigenvalue weighted by Crippen LogP contribution is 2.31. The van der Waals surface area contributed by atoms with E-state index in [9.17, 15) is 4.79 Å². The fourth-order valence-corrected chi connectivity index (χ4v) is 3.29. The van der Waals surface area contributed by atoms with Crippen LogP contribution in [-0.2, 0) is 0 Å². The summed E-state index contributed by atoms with van der Waals surface area (Å²) in [6.07, 6.45) is 7.15. The maximum absolute atomic E-state index is 11.7. The lowest BCUT2D eigenvalue weighted by Gasteiger charge is -2.40. The second-order valence-electron chi connectivity index (χ2n) is 6.06. The van der Waals surface area contributed by atoms with Gasteiger partial charge < -0.3 is 15.2 Å². The molecule has 2 saturated heterocycles. The van der Waals surface area contributed by atoms with Gasteiger partial charge in [0, 0.05) is 38.6 Å². The van der Waals surface area contributed by atoms with Gasteiger partial charge in [0.05, 0.1) is 23.3 Å². The summed E-state index contributed by atoms with van der Waals surface area (Å²) < 4.78 is 1.94. The molecule has 2 N–H and O–H groups in total. The Morgan fingerprint density at radius 2 is 2.17 bits per heavy atom. The van der Waals surface area contributed by atoms with Crippen molar-refractivity contribution in [1.82, 2.24) is 30.0 Å². The van der Waals surface area contributed by atoms with Crippen molar-refractivity contribution in [3.63, 3.8) is 0 Å². The minimum absolute atomic E-state index is 0.0550. The van der Waals surface area contributed by atoms with Crippen LogP contribution < -0.4 is 15.1 Å². The van der Waals surface area contributed by atoms with Crippen LogP contribution >= 0.6 is 0 Å². The summed E-state index contributed by atoms with van der Waals surface area (Å²) in [5.41, 5.74) is 1.70. The Kier molecular flexibility index (Phi) is 2.75. The minimum atomic E-state index is -0.0550. The fraction of sp³-hybridized carbons (Fsp3) is 0.333. The summed E-state index contributed by atoms with van der Waals surface area (Å²) in [5, 5.41) is 8.26. The Balaban J connectivity index is 1.32. The van der Waals surface area contributed by atoms with Crippen LogP contribution in [0.4, 0.5) is 16.3 Å². The first-order valence-electron chi connectivity index (χ1n) is 7.92.